The maximum Gasteiger partial charge on any atom is 0.338 e. The van der Waals surface area contributed by atoms with Gasteiger partial charge in [-0.25, -0.2) is 14.0 Å². The SMILES string of the molecule is COC(=O)C1=C(C[NH2+]Cc2ccc(F)cc2)NC(=O)N[C@H]1c1cc(C)ccc1C. The highest BCUT2D eigenvalue weighted by Crippen LogP contribution is 2.30. The fourth-order valence-electron chi connectivity index (χ4n) is 3.44. The van der Waals surface area contributed by atoms with Crippen LogP contribution >= 0.6 is 0 Å². The maximum atomic E-state index is 13.1. The Balaban J connectivity index is 1.90. The van der Waals surface area contributed by atoms with Crippen LogP contribution in [0.2, 0.25) is 0 Å². The second-order valence-electron chi connectivity index (χ2n) is 7.10. The molecule has 0 fully saturated rings. The summed E-state index contributed by atoms with van der Waals surface area (Å²) in [5.74, 6) is -0.778. The number of ether oxygens (including phenoxy) is 1. The molecular weight excluding hydrogens is 373 g/mol. The van der Waals surface area contributed by atoms with Crippen LogP contribution in [0.5, 0.6) is 0 Å². The molecule has 0 aliphatic carbocycles. The van der Waals surface area contributed by atoms with Gasteiger partial charge < -0.3 is 20.7 Å². The fraction of sp³-hybridized carbons (Fsp3) is 0.273. The fourth-order valence-corrected chi connectivity index (χ4v) is 3.44. The van der Waals surface area contributed by atoms with E-state index in [-0.39, 0.29) is 11.8 Å². The van der Waals surface area contributed by atoms with E-state index in [4.69, 9.17) is 4.74 Å². The normalized spacial score (nSPS) is 16.3. The minimum atomic E-state index is -0.592. The number of esters is 1. The number of methoxy groups -OCH3 is 1. The highest BCUT2D eigenvalue weighted by Gasteiger charge is 2.34. The summed E-state index contributed by atoms with van der Waals surface area (Å²) in [6, 6.07) is 11.2. The smallest absolute Gasteiger partial charge is 0.338 e. The van der Waals surface area contributed by atoms with E-state index in [1.165, 1.54) is 19.2 Å². The number of rotatable bonds is 6. The first-order valence-electron chi connectivity index (χ1n) is 9.41. The van der Waals surface area contributed by atoms with Gasteiger partial charge in [0, 0.05) is 5.56 Å². The number of quaternary nitrogens is 1. The van der Waals surface area contributed by atoms with Crippen LogP contribution in [0.15, 0.2) is 53.7 Å². The van der Waals surface area contributed by atoms with Gasteiger partial charge in [-0.15, -0.1) is 0 Å². The van der Waals surface area contributed by atoms with Crippen LogP contribution < -0.4 is 16.0 Å². The molecule has 0 unspecified atom stereocenters. The van der Waals surface area contributed by atoms with Gasteiger partial charge in [0.1, 0.15) is 18.9 Å². The minimum absolute atomic E-state index is 0.286. The highest BCUT2D eigenvalue weighted by molar-refractivity contribution is 5.95. The van der Waals surface area contributed by atoms with Crippen LogP contribution in [-0.4, -0.2) is 25.7 Å². The van der Waals surface area contributed by atoms with E-state index in [9.17, 15) is 14.0 Å². The maximum absolute atomic E-state index is 13.1. The van der Waals surface area contributed by atoms with Gasteiger partial charge in [0.25, 0.3) is 0 Å². The zero-order valence-corrected chi connectivity index (χ0v) is 16.7. The molecule has 2 amide bonds. The predicted molar refractivity (Wildman–Crippen MR) is 106 cm³/mol. The van der Waals surface area contributed by atoms with Gasteiger partial charge in [0.05, 0.1) is 24.4 Å². The molecule has 4 N–H and O–H groups in total. The number of nitrogens with one attached hydrogen (secondary N) is 2. The average Bonchev–Trinajstić information content (AvgIpc) is 2.70. The Kier molecular flexibility index (Phi) is 6.29. The summed E-state index contributed by atoms with van der Waals surface area (Å²) in [5.41, 5.74) is 4.70. The Morgan fingerprint density at radius 3 is 2.55 bits per heavy atom. The molecule has 0 bridgehead atoms. The van der Waals surface area contributed by atoms with Gasteiger partial charge >= 0.3 is 12.0 Å². The first-order valence-corrected chi connectivity index (χ1v) is 9.41. The Hall–Kier alpha value is -3.19. The summed E-state index contributed by atoms with van der Waals surface area (Å²) in [7, 11) is 1.33. The molecule has 1 aliphatic heterocycles. The van der Waals surface area contributed by atoms with E-state index < -0.39 is 12.0 Å². The lowest BCUT2D eigenvalue weighted by Crippen LogP contribution is -2.84. The van der Waals surface area contributed by atoms with Crippen LogP contribution in [-0.2, 0) is 16.1 Å². The lowest BCUT2D eigenvalue weighted by atomic mass is 9.91. The second-order valence-corrected chi connectivity index (χ2v) is 7.10. The number of hydrogen-bond acceptors (Lipinski definition) is 3. The third-order valence-corrected chi connectivity index (χ3v) is 4.95. The Morgan fingerprint density at radius 2 is 1.86 bits per heavy atom. The number of halogens is 1. The van der Waals surface area contributed by atoms with Crippen molar-refractivity contribution in [3.8, 4) is 0 Å². The molecule has 6 nitrogen and oxygen atoms in total. The molecule has 0 saturated carbocycles. The van der Waals surface area contributed by atoms with E-state index in [0.717, 1.165) is 22.3 Å². The van der Waals surface area contributed by atoms with Crippen LogP contribution in [0.1, 0.15) is 28.3 Å². The zero-order valence-electron chi connectivity index (χ0n) is 16.7. The number of benzene rings is 2. The summed E-state index contributed by atoms with van der Waals surface area (Å²) >= 11 is 0. The molecule has 1 atom stereocenters. The number of carbonyl (C=O) groups excluding carboxylic acids is 2. The van der Waals surface area contributed by atoms with Gasteiger partial charge in [-0.3, -0.25) is 0 Å². The van der Waals surface area contributed by atoms with E-state index in [1.54, 1.807) is 12.1 Å². The average molecular weight is 398 g/mol. The first kappa shape index (κ1) is 20.5. The molecule has 0 spiro atoms. The van der Waals surface area contributed by atoms with E-state index in [1.807, 2.05) is 37.4 Å². The zero-order chi connectivity index (χ0) is 21.0. The molecule has 1 aliphatic rings. The molecule has 1 heterocycles. The van der Waals surface area contributed by atoms with Crippen molar-refractivity contribution < 1.29 is 24.0 Å². The molecule has 0 aromatic heterocycles. The molecule has 152 valence electrons. The molecule has 29 heavy (non-hydrogen) atoms. The van der Waals surface area contributed by atoms with Gasteiger partial charge in [0.15, 0.2) is 0 Å². The van der Waals surface area contributed by atoms with Gasteiger partial charge in [-0.05, 0) is 37.1 Å². The number of amides is 2. The summed E-state index contributed by atoms with van der Waals surface area (Å²) in [6.45, 7) is 4.86. The Morgan fingerprint density at radius 1 is 1.14 bits per heavy atom. The quantitative estimate of drug-likeness (QED) is 0.651. The Bertz CT molecular complexity index is 954. The molecular formula is C22H25FN3O3+. The van der Waals surface area contributed by atoms with Crippen LogP contribution in [0.3, 0.4) is 0 Å². The van der Waals surface area contributed by atoms with Crippen molar-refractivity contribution in [3.05, 3.63) is 81.8 Å². The van der Waals surface area contributed by atoms with Crippen molar-refractivity contribution in [1.29, 1.82) is 0 Å². The largest absolute Gasteiger partial charge is 0.466 e. The van der Waals surface area contributed by atoms with Crippen LogP contribution in [0.25, 0.3) is 0 Å². The molecule has 2 aromatic rings. The van der Waals surface area contributed by atoms with Gasteiger partial charge in [-0.2, -0.15) is 0 Å². The number of nitrogens with two attached hydrogens (primary N) is 1. The summed E-state index contributed by atoms with van der Waals surface area (Å²) < 4.78 is 18.1. The molecule has 0 saturated heterocycles. The number of hydrogen-bond donors (Lipinski definition) is 3. The van der Waals surface area contributed by atoms with Crippen molar-refractivity contribution in [2.45, 2.75) is 26.4 Å². The molecule has 0 radical (unpaired) electrons. The van der Waals surface area contributed by atoms with E-state index >= 15 is 0 Å². The topological polar surface area (TPSA) is 84.0 Å². The van der Waals surface area contributed by atoms with Gasteiger partial charge in [0.2, 0.25) is 0 Å². The number of aryl methyl sites for hydroxylation is 2. The summed E-state index contributed by atoms with van der Waals surface area (Å²) in [6.07, 6.45) is 0. The van der Waals surface area contributed by atoms with Crippen molar-refractivity contribution in [2.75, 3.05) is 13.7 Å². The number of carbonyl (C=O) groups is 2. The van der Waals surface area contributed by atoms with Crippen LogP contribution in [0.4, 0.5) is 9.18 Å². The summed E-state index contributed by atoms with van der Waals surface area (Å²) in [4.78, 5) is 24.9. The molecule has 2 aromatic carbocycles. The van der Waals surface area contributed by atoms with Crippen LogP contribution in [0, 0.1) is 19.7 Å². The lowest BCUT2D eigenvalue weighted by Gasteiger charge is -2.29. The number of urea groups is 1. The Labute approximate surface area is 169 Å². The lowest BCUT2D eigenvalue weighted by molar-refractivity contribution is -0.664. The third-order valence-electron chi connectivity index (χ3n) is 4.95. The van der Waals surface area contributed by atoms with Crippen molar-refractivity contribution in [1.82, 2.24) is 10.6 Å². The van der Waals surface area contributed by atoms with Crippen molar-refractivity contribution >= 4 is 12.0 Å². The third kappa shape index (κ3) is 4.81. The molecule has 7 heteroatoms. The van der Waals surface area contributed by atoms with Crippen molar-refractivity contribution in [2.24, 2.45) is 0 Å². The minimum Gasteiger partial charge on any atom is -0.466 e. The summed E-state index contributed by atoms with van der Waals surface area (Å²) in [5, 5.41) is 7.54. The standard InChI is InChI=1S/C22H24FN3O3/c1-13-4-5-14(2)17(10-13)20-19(21(27)29-3)18(25-22(28)26-20)12-24-11-15-6-8-16(23)9-7-15/h4-10,20,24H,11-12H2,1-3H3,(H2,25,26,28)/p+1/t20-/m0/s1. The van der Waals surface area contributed by atoms with Crippen molar-refractivity contribution in [3.63, 3.8) is 0 Å². The monoisotopic (exact) mass is 398 g/mol. The predicted octanol–water partition coefficient (Wildman–Crippen LogP) is 1.99. The molecule has 3 rings (SSSR count). The highest BCUT2D eigenvalue weighted by atomic mass is 19.1. The second kappa shape index (κ2) is 8.87. The van der Waals surface area contributed by atoms with E-state index in [2.05, 4.69) is 10.6 Å². The van der Waals surface area contributed by atoms with Gasteiger partial charge in [-0.1, -0.05) is 35.9 Å². The first-order chi connectivity index (χ1) is 13.9. The van der Waals surface area contributed by atoms with E-state index in [0.29, 0.717) is 24.4 Å².